The summed E-state index contributed by atoms with van der Waals surface area (Å²) in [5, 5.41) is 5.07. The van der Waals surface area contributed by atoms with Crippen LogP contribution in [0.4, 0.5) is 5.82 Å². The Kier molecular flexibility index (Phi) is 7.00. The Morgan fingerprint density at radius 1 is 0.923 bits per heavy atom. The molecule has 1 fully saturated rings. The number of rotatable bonds is 5. The third-order valence-electron chi connectivity index (χ3n) is 7.48. The molecule has 0 spiro atoms. The Balaban J connectivity index is 1.61. The molecule has 0 bridgehead atoms. The molecule has 1 atom stereocenters. The van der Waals surface area contributed by atoms with Gasteiger partial charge in [0.05, 0.1) is 22.4 Å². The van der Waals surface area contributed by atoms with Crippen molar-refractivity contribution in [3.63, 3.8) is 0 Å². The second-order valence-electron chi connectivity index (χ2n) is 10.4. The SMILES string of the molecule is Cc1cccc([C@H]2SCC(=O)N(CC(=O)N3CCCC3)c3c2c(-c2ccccc2)nn3-c2cccc(C)c2)c1. The third-order valence-corrected chi connectivity index (χ3v) is 8.73. The van der Waals surface area contributed by atoms with Crippen LogP contribution >= 0.6 is 11.8 Å². The van der Waals surface area contributed by atoms with Crippen LogP contribution in [0.2, 0.25) is 0 Å². The molecule has 6 rings (SSSR count). The van der Waals surface area contributed by atoms with Gasteiger partial charge in [-0.1, -0.05) is 72.3 Å². The molecule has 198 valence electrons. The van der Waals surface area contributed by atoms with E-state index in [0.29, 0.717) is 5.82 Å². The first-order valence-corrected chi connectivity index (χ1v) is 14.6. The number of anilines is 1. The number of aryl methyl sites for hydroxylation is 2. The van der Waals surface area contributed by atoms with E-state index in [1.54, 1.807) is 16.7 Å². The van der Waals surface area contributed by atoms with E-state index in [1.807, 2.05) is 39.9 Å². The predicted molar refractivity (Wildman–Crippen MR) is 157 cm³/mol. The van der Waals surface area contributed by atoms with Gasteiger partial charge in [0.15, 0.2) is 0 Å². The number of likely N-dealkylation sites (tertiary alicyclic amines) is 1. The van der Waals surface area contributed by atoms with E-state index < -0.39 is 0 Å². The van der Waals surface area contributed by atoms with Crippen molar-refractivity contribution >= 4 is 29.4 Å². The average molecular weight is 537 g/mol. The fraction of sp³-hybridized carbons (Fsp3) is 0.281. The number of carbonyl (C=O) groups excluding carboxylic acids is 2. The summed E-state index contributed by atoms with van der Waals surface area (Å²) in [5.74, 6) is 0.887. The van der Waals surface area contributed by atoms with Crippen molar-refractivity contribution in [3.8, 4) is 16.9 Å². The van der Waals surface area contributed by atoms with E-state index in [-0.39, 0.29) is 29.4 Å². The van der Waals surface area contributed by atoms with Crippen molar-refractivity contribution in [2.45, 2.75) is 31.9 Å². The minimum Gasteiger partial charge on any atom is -0.341 e. The number of nitrogens with zero attached hydrogens (tertiary/aromatic N) is 4. The van der Waals surface area contributed by atoms with Crippen LogP contribution in [0.1, 0.15) is 40.3 Å². The van der Waals surface area contributed by atoms with Gasteiger partial charge in [-0.2, -0.15) is 5.10 Å². The lowest BCUT2D eigenvalue weighted by atomic mass is 9.98. The van der Waals surface area contributed by atoms with Gasteiger partial charge < -0.3 is 4.90 Å². The fourth-order valence-corrected chi connectivity index (χ4v) is 6.75. The molecule has 0 radical (unpaired) electrons. The molecule has 0 unspecified atom stereocenters. The van der Waals surface area contributed by atoms with Gasteiger partial charge in [-0.25, -0.2) is 4.68 Å². The maximum absolute atomic E-state index is 13.9. The van der Waals surface area contributed by atoms with Crippen molar-refractivity contribution in [1.82, 2.24) is 14.7 Å². The first-order chi connectivity index (χ1) is 19.0. The lowest BCUT2D eigenvalue weighted by molar-refractivity contribution is -0.130. The summed E-state index contributed by atoms with van der Waals surface area (Å²) in [6, 6.07) is 26.8. The normalized spacial score (nSPS) is 17.3. The molecule has 2 aliphatic heterocycles. The molecule has 2 aliphatic rings. The third kappa shape index (κ3) is 4.99. The first-order valence-electron chi connectivity index (χ1n) is 13.5. The van der Waals surface area contributed by atoms with Crippen molar-refractivity contribution in [2.75, 3.05) is 30.3 Å². The molecule has 39 heavy (non-hydrogen) atoms. The lowest BCUT2D eigenvalue weighted by Crippen LogP contribution is -2.43. The Labute approximate surface area is 233 Å². The second-order valence-corrected chi connectivity index (χ2v) is 11.5. The highest BCUT2D eigenvalue weighted by Crippen LogP contribution is 2.48. The van der Waals surface area contributed by atoms with Crippen molar-refractivity contribution < 1.29 is 9.59 Å². The topological polar surface area (TPSA) is 58.4 Å². The second kappa shape index (κ2) is 10.7. The summed E-state index contributed by atoms with van der Waals surface area (Å²) < 4.78 is 1.88. The molecule has 1 aromatic heterocycles. The van der Waals surface area contributed by atoms with Crippen LogP contribution in [0.15, 0.2) is 78.9 Å². The van der Waals surface area contributed by atoms with Crippen LogP contribution in [0.25, 0.3) is 16.9 Å². The Bertz CT molecular complexity index is 1520. The number of amides is 2. The van der Waals surface area contributed by atoms with Gasteiger partial charge in [0.2, 0.25) is 11.8 Å². The Hall–Kier alpha value is -3.84. The number of carbonyl (C=O) groups is 2. The molecule has 0 saturated carbocycles. The summed E-state index contributed by atoms with van der Waals surface area (Å²) in [7, 11) is 0. The average Bonchev–Trinajstić information content (AvgIpc) is 3.59. The zero-order chi connectivity index (χ0) is 26.9. The molecule has 3 heterocycles. The monoisotopic (exact) mass is 536 g/mol. The molecule has 0 N–H and O–H groups in total. The highest BCUT2D eigenvalue weighted by Gasteiger charge is 2.38. The number of hydrogen-bond donors (Lipinski definition) is 0. The van der Waals surface area contributed by atoms with Gasteiger partial charge in [0.1, 0.15) is 12.4 Å². The summed E-state index contributed by atoms with van der Waals surface area (Å²) in [6.45, 7) is 5.65. The van der Waals surface area contributed by atoms with E-state index in [4.69, 9.17) is 5.10 Å². The molecule has 2 amide bonds. The number of hydrogen-bond acceptors (Lipinski definition) is 4. The molecule has 7 heteroatoms. The quantitative estimate of drug-likeness (QED) is 0.316. The summed E-state index contributed by atoms with van der Waals surface area (Å²) in [5.41, 5.74) is 7.05. The van der Waals surface area contributed by atoms with Crippen LogP contribution in [0.3, 0.4) is 0 Å². The maximum atomic E-state index is 13.9. The van der Waals surface area contributed by atoms with Crippen molar-refractivity contribution in [1.29, 1.82) is 0 Å². The van der Waals surface area contributed by atoms with E-state index >= 15 is 0 Å². The van der Waals surface area contributed by atoms with E-state index in [9.17, 15) is 9.59 Å². The van der Waals surface area contributed by atoms with Gasteiger partial charge in [-0.15, -0.1) is 11.8 Å². The molecular weight excluding hydrogens is 504 g/mol. The van der Waals surface area contributed by atoms with Crippen LogP contribution in [0, 0.1) is 13.8 Å². The van der Waals surface area contributed by atoms with E-state index in [0.717, 1.165) is 59.6 Å². The standard InChI is InChI=1S/C32H32N4O2S/c1-22-10-8-14-25(18-22)31-29-30(24-12-4-3-5-13-24)33-36(26-15-9-11-23(2)19-26)32(29)35(28(38)21-39-31)20-27(37)34-16-6-7-17-34/h3-5,8-15,18-19,31H,6-7,16-17,20-21H2,1-2H3/t31-/m1/s1. The minimum atomic E-state index is -0.121. The van der Waals surface area contributed by atoms with Gasteiger partial charge in [-0.05, 0) is 49.9 Å². The fourth-order valence-electron chi connectivity index (χ4n) is 5.57. The zero-order valence-corrected chi connectivity index (χ0v) is 23.2. The lowest BCUT2D eigenvalue weighted by Gasteiger charge is -2.25. The minimum absolute atomic E-state index is 0.0101. The number of aromatic nitrogens is 2. The van der Waals surface area contributed by atoms with Gasteiger partial charge in [-0.3, -0.25) is 14.5 Å². The van der Waals surface area contributed by atoms with Crippen LogP contribution < -0.4 is 4.90 Å². The predicted octanol–water partition coefficient (Wildman–Crippen LogP) is 5.95. The van der Waals surface area contributed by atoms with Gasteiger partial charge >= 0.3 is 0 Å². The number of benzene rings is 3. The number of fused-ring (bicyclic) bond motifs is 1. The zero-order valence-electron chi connectivity index (χ0n) is 22.3. The van der Waals surface area contributed by atoms with Crippen LogP contribution in [-0.4, -0.2) is 51.9 Å². The van der Waals surface area contributed by atoms with E-state index in [1.165, 1.54) is 5.56 Å². The van der Waals surface area contributed by atoms with Crippen molar-refractivity contribution in [2.24, 2.45) is 0 Å². The molecule has 3 aromatic carbocycles. The summed E-state index contributed by atoms with van der Waals surface area (Å²) >= 11 is 1.61. The Morgan fingerprint density at radius 2 is 1.64 bits per heavy atom. The van der Waals surface area contributed by atoms with Gasteiger partial charge in [0, 0.05) is 24.2 Å². The first kappa shape index (κ1) is 25.4. The molecule has 0 aliphatic carbocycles. The summed E-state index contributed by atoms with van der Waals surface area (Å²) in [6.07, 6.45) is 2.02. The molecule has 6 nitrogen and oxygen atoms in total. The van der Waals surface area contributed by atoms with Crippen LogP contribution in [-0.2, 0) is 9.59 Å². The molecule has 4 aromatic rings. The summed E-state index contributed by atoms with van der Waals surface area (Å²) in [4.78, 5) is 30.9. The smallest absolute Gasteiger partial charge is 0.242 e. The molecular formula is C32H32N4O2S. The largest absolute Gasteiger partial charge is 0.341 e. The van der Waals surface area contributed by atoms with Crippen LogP contribution in [0.5, 0.6) is 0 Å². The maximum Gasteiger partial charge on any atom is 0.242 e. The highest BCUT2D eigenvalue weighted by molar-refractivity contribution is 8.00. The Morgan fingerprint density at radius 3 is 2.36 bits per heavy atom. The van der Waals surface area contributed by atoms with E-state index in [2.05, 4.69) is 62.4 Å². The number of thioether (sulfide) groups is 1. The van der Waals surface area contributed by atoms with Crippen molar-refractivity contribution in [3.05, 3.63) is 101 Å². The highest BCUT2D eigenvalue weighted by atomic mass is 32.2. The molecule has 1 saturated heterocycles. The van der Waals surface area contributed by atoms with Gasteiger partial charge in [0.25, 0.3) is 0 Å².